The summed E-state index contributed by atoms with van der Waals surface area (Å²) in [5.41, 5.74) is 1.62. The molecule has 1 aromatic heterocycles. The Balaban J connectivity index is 1.91. The van der Waals surface area contributed by atoms with Gasteiger partial charge in [0.05, 0.1) is 19.8 Å². The lowest BCUT2D eigenvalue weighted by atomic mass is 10.1. The summed E-state index contributed by atoms with van der Waals surface area (Å²) in [6, 6.07) is 11.0. The lowest BCUT2D eigenvalue weighted by Crippen LogP contribution is -2.03. The normalized spacial score (nSPS) is 10.6. The Hall–Kier alpha value is -2.93. The minimum Gasteiger partial charge on any atom is -0.490 e. The minimum absolute atomic E-state index is 0.446. The maximum absolute atomic E-state index is 5.92. The fraction of sp³-hybridized carbons (Fsp3) is 0.300. The van der Waals surface area contributed by atoms with E-state index in [0.717, 1.165) is 11.3 Å². The molecule has 3 rings (SSSR count). The Bertz CT molecular complexity index is 885. The van der Waals surface area contributed by atoms with Crippen LogP contribution < -0.4 is 19.5 Å². The van der Waals surface area contributed by atoms with Crippen molar-refractivity contribution in [3.8, 4) is 28.6 Å². The van der Waals surface area contributed by atoms with Gasteiger partial charge < -0.3 is 19.5 Å². The van der Waals surface area contributed by atoms with E-state index in [1.807, 2.05) is 45.0 Å². The summed E-state index contributed by atoms with van der Waals surface area (Å²) < 4.78 is 17.3. The molecule has 0 radical (unpaired) electrons. The second-order valence-corrected chi connectivity index (χ2v) is 6.18. The first kappa shape index (κ1) is 19.8. The van der Waals surface area contributed by atoms with E-state index >= 15 is 0 Å². The van der Waals surface area contributed by atoms with E-state index in [1.54, 1.807) is 12.1 Å². The van der Waals surface area contributed by atoms with Crippen LogP contribution in [0.2, 0.25) is 5.02 Å². The molecule has 0 aliphatic rings. The zero-order valence-electron chi connectivity index (χ0n) is 16.1. The second-order valence-electron chi connectivity index (χ2n) is 5.74. The van der Waals surface area contributed by atoms with Gasteiger partial charge >= 0.3 is 0 Å². The van der Waals surface area contributed by atoms with Gasteiger partial charge in [0.2, 0.25) is 11.7 Å². The molecule has 8 heteroatoms. The van der Waals surface area contributed by atoms with Crippen molar-refractivity contribution in [2.75, 3.05) is 25.1 Å². The van der Waals surface area contributed by atoms with Crippen LogP contribution in [-0.2, 0) is 0 Å². The van der Waals surface area contributed by atoms with Crippen molar-refractivity contribution >= 4 is 23.2 Å². The van der Waals surface area contributed by atoms with E-state index in [0.29, 0.717) is 53.9 Å². The number of benzene rings is 2. The molecule has 2 N–H and O–H groups in total. The third-order valence-electron chi connectivity index (χ3n) is 3.77. The highest BCUT2D eigenvalue weighted by Gasteiger charge is 2.17. The Kier molecular flexibility index (Phi) is 6.60. The summed E-state index contributed by atoms with van der Waals surface area (Å²) >= 11 is 5.92. The molecule has 2 aromatic carbocycles. The van der Waals surface area contributed by atoms with Crippen molar-refractivity contribution in [2.45, 2.75) is 20.8 Å². The standard InChI is InChI=1S/C20H23ClN4O3/c1-4-26-16-11-13(12-17(27-5-2)18(16)28-6-3)19-23-20(25-24-19)22-15-9-7-14(21)8-10-15/h7-12H,4-6H2,1-3H3,(H2,22,23,24,25). The number of rotatable bonds is 9. The number of hydrogen-bond donors (Lipinski definition) is 2. The zero-order valence-corrected chi connectivity index (χ0v) is 16.8. The average Bonchev–Trinajstić information content (AvgIpc) is 3.15. The van der Waals surface area contributed by atoms with Crippen LogP contribution in [0.4, 0.5) is 11.6 Å². The van der Waals surface area contributed by atoms with Crippen LogP contribution >= 0.6 is 11.6 Å². The maximum Gasteiger partial charge on any atom is 0.246 e. The number of aromatic nitrogens is 3. The van der Waals surface area contributed by atoms with Crippen molar-refractivity contribution < 1.29 is 14.2 Å². The molecule has 7 nitrogen and oxygen atoms in total. The first-order valence-electron chi connectivity index (χ1n) is 9.16. The lowest BCUT2D eigenvalue weighted by Gasteiger charge is -2.16. The fourth-order valence-corrected chi connectivity index (χ4v) is 2.76. The van der Waals surface area contributed by atoms with Gasteiger partial charge in [0, 0.05) is 16.3 Å². The molecule has 0 aliphatic carbocycles. The lowest BCUT2D eigenvalue weighted by molar-refractivity contribution is 0.261. The molecule has 0 fully saturated rings. The second kappa shape index (κ2) is 9.32. The van der Waals surface area contributed by atoms with E-state index in [-0.39, 0.29) is 0 Å². The van der Waals surface area contributed by atoms with Gasteiger partial charge in [-0.25, -0.2) is 0 Å². The molecule has 0 saturated heterocycles. The molecule has 148 valence electrons. The molecule has 28 heavy (non-hydrogen) atoms. The zero-order chi connectivity index (χ0) is 19.9. The molecule has 0 amide bonds. The molecule has 0 atom stereocenters. The van der Waals surface area contributed by atoms with Crippen LogP contribution in [0, 0.1) is 0 Å². The quantitative estimate of drug-likeness (QED) is 0.520. The number of ether oxygens (including phenoxy) is 3. The van der Waals surface area contributed by atoms with E-state index in [9.17, 15) is 0 Å². The van der Waals surface area contributed by atoms with Crippen LogP contribution in [0.3, 0.4) is 0 Å². The first-order chi connectivity index (χ1) is 13.6. The van der Waals surface area contributed by atoms with Crippen molar-refractivity contribution in [2.24, 2.45) is 0 Å². The molecular formula is C20H23ClN4O3. The van der Waals surface area contributed by atoms with Crippen LogP contribution in [0.15, 0.2) is 36.4 Å². The van der Waals surface area contributed by atoms with Gasteiger partial charge in [-0.3, -0.25) is 5.10 Å². The Morgan fingerprint density at radius 1 is 0.929 bits per heavy atom. The number of aromatic amines is 1. The predicted octanol–water partition coefficient (Wildman–Crippen LogP) is 5.06. The summed E-state index contributed by atoms with van der Waals surface area (Å²) in [4.78, 5) is 4.51. The van der Waals surface area contributed by atoms with Crippen molar-refractivity contribution in [1.82, 2.24) is 15.2 Å². The predicted molar refractivity (Wildman–Crippen MR) is 110 cm³/mol. The molecule has 0 unspecified atom stereocenters. The molecule has 3 aromatic rings. The number of anilines is 2. The van der Waals surface area contributed by atoms with E-state index in [4.69, 9.17) is 25.8 Å². The first-order valence-corrected chi connectivity index (χ1v) is 9.54. The molecular weight excluding hydrogens is 380 g/mol. The largest absolute Gasteiger partial charge is 0.490 e. The van der Waals surface area contributed by atoms with Gasteiger partial charge in [0.15, 0.2) is 17.3 Å². The van der Waals surface area contributed by atoms with Gasteiger partial charge in [-0.05, 0) is 57.2 Å². The van der Waals surface area contributed by atoms with Crippen LogP contribution in [-0.4, -0.2) is 35.0 Å². The van der Waals surface area contributed by atoms with E-state index in [1.165, 1.54) is 0 Å². The van der Waals surface area contributed by atoms with Gasteiger partial charge in [-0.15, -0.1) is 5.10 Å². The highest BCUT2D eigenvalue weighted by molar-refractivity contribution is 6.30. The highest BCUT2D eigenvalue weighted by Crippen LogP contribution is 2.41. The van der Waals surface area contributed by atoms with Crippen LogP contribution in [0.1, 0.15) is 20.8 Å². The number of halogens is 1. The SMILES string of the molecule is CCOc1cc(-c2nc(Nc3ccc(Cl)cc3)n[nH]2)cc(OCC)c1OCC. The van der Waals surface area contributed by atoms with Crippen molar-refractivity contribution in [3.63, 3.8) is 0 Å². The van der Waals surface area contributed by atoms with E-state index in [2.05, 4.69) is 20.5 Å². The van der Waals surface area contributed by atoms with Gasteiger partial charge in [0.25, 0.3) is 0 Å². The molecule has 0 bridgehead atoms. The summed E-state index contributed by atoms with van der Waals surface area (Å²) in [6.07, 6.45) is 0. The minimum atomic E-state index is 0.446. The maximum atomic E-state index is 5.92. The smallest absolute Gasteiger partial charge is 0.246 e. The highest BCUT2D eigenvalue weighted by atomic mass is 35.5. The molecule has 0 saturated carbocycles. The number of nitrogens with zero attached hydrogens (tertiary/aromatic N) is 2. The third-order valence-corrected chi connectivity index (χ3v) is 4.02. The van der Waals surface area contributed by atoms with E-state index < -0.39 is 0 Å². The van der Waals surface area contributed by atoms with Crippen LogP contribution in [0.5, 0.6) is 17.2 Å². The number of nitrogens with one attached hydrogen (secondary N) is 2. The monoisotopic (exact) mass is 402 g/mol. The van der Waals surface area contributed by atoms with Crippen molar-refractivity contribution in [1.29, 1.82) is 0 Å². The van der Waals surface area contributed by atoms with Crippen molar-refractivity contribution in [3.05, 3.63) is 41.4 Å². The topological polar surface area (TPSA) is 81.3 Å². The summed E-state index contributed by atoms with van der Waals surface area (Å²) in [7, 11) is 0. The Labute approximate surface area is 169 Å². The molecule has 0 spiro atoms. The Morgan fingerprint density at radius 2 is 1.54 bits per heavy atom. The molecule has 0 aliphatic heterocycles. The Morgan fingerprint density at radius 3 is 2.11 bits per heavy atom. The average molecular weight is 403 g/mol. The van der Waals surface area contributed by atoms with Gasteiger partial charge in [-0.1, -0.05) is 11.6 Å². The summed E-state index contributed by atoms with van der Waals surface area (Å²) in [5.74, 6) is 2.83. The van der Waals surface area contributed by atoms with Gasteiger partial charge in [-0.2, -0.15) is 4.98 Å². The summed E-state index contributed by atoms with van der Waals surface area (Å²) in [6.45, 7) is 7.29. The molecule has 1 heterocycles. The summed E-state index contributed by atoms with van der Waals surface area (Å²) in [5, 5.41) is 11.0. The fourth-order valence-electron chi connectivity index (χ4n) is 2.63. The van der Waals surface area contributed by atoms with Gasteiger partial charge in [0.1, 0.15) is 0 Å². The van der Waals surface area contributed by atoms with Crippen LogP contribution in [0.25, 0.3) is 11.4 Å². The number of H-pyrrole nitrogens is 1. The third kappa shape index (κ3) is 4.67. The number of hydrogen-bond acceptors (Lipinski definition) is 6.